The molecule has 0 aliphatic carbocycles. The number of benzene rings is 4. The summed E-state index contributed by atoms with van der Waals surface area (Å²) in [5, 5.41) is 5.07. The molecule has 1 N–H and O–H groups in total. The molecule has 0 saturated carbocycles. The Bertz CT molecular complexity index is 1450. The molecule has 40 heavy (non-hydrogen) atoms. The molecule has 0 radical (unpaired) electrons. The minimum atomic E-state index is -0.381. The number of carbonyl (C=O) groups excluding carboxylic acids is 1. The second-order valence-electron chi connectivity index (χ2n) is 9.50. The first-order valence-corrected chi connectivity index (χ1v) is 13.4. The number of amides is 1. The molecule has 0 fully saturated rings. The van der Waals surface area contributed by atoms with Crippen molar-refractivity contribution in [1.82, 2.24) is 5.43 Å². The van der Waals surface area contributed by atoms with E-state index in [0.29, 0.717) is 38.4 Å². The number of hydrazone groups is 1. The number of hydrogen-bond donors (Lipinski definition) is 1. The van der Waals surface area contributed by atoms with Gasteiger partial charge in [0.15, 0.2) is 18.1 Å². The number of rotatable bonds is 11. The van der Waals surface area contributed by atoms with Crippen LogP contribution in [0.25, 0.3) is 0 Å². The lowest BCUT2D eigenvalue weighted by atomic mass is 9.78. The third-order valence-corrected chi connectivity index (χ3v) is 7.17. The molecule has 0 aliphatic rings. The summed E-state index contributed by atoms with van der Waals surface area (Å²) in [6.07, 6.45) is 1.51. The van der Waals surface area contributed by atoms with E-state index >= 15 is 0 Å². The Labute approximate surface area is 244 Å². The molecule has 0 unspecified atom stereocenters. The Kier molecular flexibility index (Phi) is 9.70. The standard InChI is InChI=1S/C32H30Cl2N2O4/c1-32(2,23-8-5-4-6-9-23)24-13-15-25(16-14-24)39-21-31(37)36-35-19-22-12-17-29(30(18-22)38-3)40-20-26-27(33)10-7-11-28(26)34/h4-19H,20-21H2,1-3H3,(H,36,37). The van der Waals surface area contributed by atoms with E-state index in [9.17, 15) is 4.79 Å². The maximum absolute atomic E-state index is 12.3. The van der Waals surface area contributed by atoms with Gasteiger partial charge in [0.1, 0.15) is 12.4 Å². The van der Waals surface area contributed by atoms with Crippen molar-refractivity contribution in [3.63, 3.8) is 0 Å². The summed E-state index contributed by atoms with van der Waals surface area (Å²) in [5.41, 5.74) is 6.10. The van der Waals surface area contributed by atoms with Crippen LogP contribution in [0.15, 0.2) is 96.1 Å². The van der Waals surface area contributed by atoms with E-state index in [0.717, 1.165) is 5.56 Å². The van der Waals surface area contributed by atoms with Gasteiger partial charge < -0.3 is 14.2 Å². The minimum absolute atomic E-state index is 0.151. The first kappa shape index (κ1) is 29.0. The van der Waals surface area contributed by atoms with Crippen molar-refractivity contribution in [2.75, 3.05) is 13.7 Å². The van der Waals surface area contributed by atoms with Crippen molar-refractivity contribution in [3.05, 3.63) is 123 Å². The van der Waals surface area contributed by atoms with Crippen molar-refractivity contribution in [3.8, 4) is 17.2 Å². The van der Waals surface area contributed by atoms with Crippen molar-refractivity contribution in [2.24, 2.45) is 5.10 Å². The number of nitrogens with one attached hydrogen (secondary N) is 1. The quantitative estimate of drug-likeness (QED) is 0.149. The fraction of sp³-hybridized carbons (Fsp3) is 0.188. The summed E-state index contributed by atoms with van der Waals surface area (Å²) in [4.78, 5) is 12.3. The highest BCUT2D eigenvalue weighted by Crippen LogP contribution is 2.33. The number of hydrogen-bond acceptors (Lipinski definition) is 5. The number of carbonyl (C=O) groups is 1. The third kappa shape index (κ3) is 7.34. The first-order valence-electron chi connectivity index (χ1n) is 12.6. The van der Waals surface area contributed by atoms with Gasteiger partial charge >= 0.3 is 0 Å². The summed E-state index contributed by atoms with van der Waals surface area (Å²) < 4.78 is 17.0. The molecule has 8 heteroatoms. The lowest BCUT2D eigenvalue weighted by Gasteiger charge is -2.26. The first-order chi connectivity index (χ1) is 19.3. The molecule has 0 heterocycles. The Hall–Kier alpha value is -4.00. The average molecular weight is 578 g/mol. The summed E-state index contributed by atoms with van der Waals surface area (Å²) in [6.45, 7) is 4.37. The lowest BCUT2D eigenvalue weighted by molar-refractivity contribution is -0.123. The number of ether oxygens (including phenoxy) is 3. The molecular formula is C32H30Cl2N2O4. The monoisotopic (exact) mass is 576 g/mol. The smallest absolute Gasteiger partial charge is 0.277 e. The van der Waals surface area contributed by atoms with Gasteiger partial charge in [-0.15, -0.1) is 0 Å². The molecule has 0 aliphatic heterocycles. The summed E-state index contributed by atoms with van der Waals surface area (Å²) >= 11 is 12.4. The fourth-order valence-corrected chi connectivity index (χ4v) is 4.56. The molecule has 4 aromatic carbocycles. The van der Waals surface area contributed by atoms with Gasteiger partial charge in [-0.3, -0.25) is 4.79 Å². The van der Waals surface area contributed by atoms with E-state index in [1.807, 2.05) is 42.5 Å². The van der Waals surface area contributed by atoms with Gasteiger partial charge in [-0.25, -0.2) is 5.43 Å². The predicted molar refractivity (Wildman–Crippen MR) is 160 cm³/mol. The van der Waals surface area contributed by atoms with Crippen LogP contribution in [-0.4, -0.2) is 25.8 Å². The second kappa shape index (κ2) is 13.4. The molecule has 0 aromatic heterocycles. The second-order valence-corrected chi connectivity index (χ2v) is 10.3. The molecule has 0 bridgehead atoms. The van der Waals surface area contributed by atoms with Gasteiger partial charge in [0.25, 0.3) is 5.91 Å². The molecule has 4 rings (SSSR count). The maximum atomic E-state index is 12.3. The molecular weight excluding hydrogens is 547 g/mol. The largest absolute Gasteiger partial charge is 0.493 e. The molecule has 1 amide bonds. The third-order valence-electron chi connectivity index (χ3n) is 6.47. The average Bonchev–Trinajstić information content (AvgIpc) is 2.97. The van der Waals surface area contributed by atoms with Gasteiger partial charge in [0.05, 0.1) is 13.3 Å². The molecule has 4 aromatic rings. The van der Waals surface area contributed by atoms with Crippen LogP contribution < -0.4 is 19.6 Å². The van der Waals surface area contributed by atoms with Crippen molar-refractivity contribution >= 4 is 35.3 Å². The highest BCUT2D eigenvalue weighted by Gasteiger charge is 2.22. The van der Waals surface area contributed by atoms with Crippen molar-refractivity contribution < 1.29 is 19.0 Å². The normalized spacial score (nSPS) is 11.3. The molecule has 0 saturated heterocycles. The zero-order chi connectivity index (χ0) is 28.5. The number of halogens is 2. The van der Waals surface area contributed by atoms with E-state index in [1.54, 1.807) is 43.5 Å². The van der Waals surface area contributed by atoms with Crippen LogP contribution in [0, 0.1) is 0 Å². The predicted octanol–water partition coefficient (Wildman–Crippen LogP) is 7.44. The van der Waals surface area contributed by atoms with Crippen molar-refractivity contribution in [2.45, 2.75) is 25.9 Å². The molecule has 6 nitrogen and oxygen atoms in total. The van der Waals surface area contributed by atoms with Gasteiger partial charge in [-0.2, -0.15) is 5.10 Å². The molecule has 206 valence electrons. The van der Waals surface area contributed by atoms with Crippen LogP contribution in [0.1, 0.15) is 36.1 Å². The molecule has 0 spiro atoms. The van der Waals surface area contributed by atoms with Crippen LogP contribution in [0.4, 0.5) is 0 Å². The van der Waals surface area contributed by atoms with Gasteiger partial charge in [0.2, 0.25) is 0 Å². The van der Waals surface area contributed by atoms with Gasteiger partial charge in [0, 0.05) is 21.0 Å². The Morgan fingerprint density at radius 3 is 2.20 bits per heavy atom. The van der Waals surface area contributed by atoms with E-state index < -0.39 is 0 Å². The van der Waals surface area contributed by atoms with Gasteiger partial charge in [-0.1, -0.05) is 85.6 Å². The zero-order valence-corrected chi connectivity index (χ0v) is 24.0. The number of nitrogens with zero attached hydrogens (tertiary/aromatic N) is 1. The number of methoxy groups -OCH3 is 1. The van der Waals surface area contributed by atoms with Crippen LogP contribution in [0.2, 0.25) is 10.0 Å². The van der Waals surface area contributed by atoms with Crippen LogP contribution >= 0.6 is 23.2 Å². The van der Waals surface area contributed by atoms with E-state index in [-0.39, 0.29) is 24.5 Å². The lowest BCUT2D eigenvalue weighted by Crippen LogP contribution is -2.24. The van der Waals surface area contributed by atoms with Crippen LogP contribution in [-0.2, 0) is 16.8 Å². The summed E-state index contributed by atoms with van der Waals surface area (Å²) in [7, 11) is 1.54. The van der Waals surface area contributed by atoms with E-state index in [4.69, 9.17) is 37.4 Å². The topological polar surface area (TPSA) is 69.2 Å². The van der Waals surface area contributed by atoms with Crippen molar-refractivity contribution in [1.29, 1.82) is 0 Å². The van der Waals surface area contributed by atoms with E-state index in [2.05, 4.69) is 36.5 Å². The Balaban J connectivity index is 1.28. The van der Waals surface area contributed by atoms with E-state index in [1.165, 1.54) is 11.8 Å². The van der Waals surface area contributed by atoms with Gasteiger partial charge in [-0.05, 0) is 59.2 Å². The zero-order valence-electron chi connectivity index (χ0n) is 22.5. The fourth-order valence-electron chi connectivity index (χ4n) is 4.05. The highest BCUT2D eigenvalue weighted by atomic mass is 35.5. The molecule has 0 atom stereocenters. The summed E-state index contributed by atoms with van der Waals surface area (Å²) in [6, 6.07) is 28.7. The highest BCUT2D eigenvalue weighted by molar-refractivity contribution is 6.35. The Morgan fingerprint density at radius 1 is 0.850 bits per heavy atom. The SMILES string of the molecule is COc1cc(C=NNC(=O)COc2ccc(C(C)(C)c3ccccc3)cc2)ccc1OCc1c(Cl)cccc1Cl. The van der Waals surface area contributed by atoms with Crippen LogP contribution in [0.3, 0.4) is 0 Å². The minimum Gasteiger partial charge on any atom is -0.493 e. The van der Waals surface area contributed by atoms with Crippen LogP contribution in [0.5, 0.6) is 17.2 Å². The Morgan fingerprint density at radius 2 is 1.52 bits per heavy atom. The maximum Gasteiger partial charge on any atom is 0.277 e. The summed E-state index contributed by atoms with van der Waals surface area (Å²) in [5.74, 6) is 1.24.